The first kappa shape index (κ1) is 21.1. The number of aromatic nitrogens is 3. The normalized spacial score (nSPS) is 12.3. The van der Waals surface area contributed by atoms with Crippen molar-refractivity contribution < 1.29 is 18.3 Å². The third-order valence-electron chi connectivity index (χ3n) is 4.76. The predicted octanol–water partition coefficient (Wildman–Crippen LogP) is 3.26. The highest BCUT2D eigenvalue weighted by molar-refractivity contribution is 7.92. The van der Waals surface area contributed by atoms with E-state index >= 15 is 0 Å². The van der Waals surface area contributed by atoms with E-state index in [4.69, 9.17) is 9.84 Å². The lowest BCUT2D eigenvalue weighted by molar-refractivity contribution is 0.198. The molecule has 0 unspecified atom stereocenters. The Hall–Kier alpha value is -2.65. The van der Waals surface area contributed by atoms with Gasteiger partial charge in [0, 0.05) is 28.9 Å². The van der Waals surface area contributed by atoms with Gasteiger partial charge in [-0.2, -0.15) is 5.10 Å². The molecule has 3 rings (SSSR count). The summed E-state index contributed by atoms with van der Waals surface area (Å²) in [6.45, 7) is 8.56. The fourth-order valence-corrected chi connectivity index (χ4v) is 4.12. The lowest BCUT2D eigenvalue weighted by Gasteiger charge is -2.22. The number of rotatable bonds is 6. The Bertz CT molecular complexity index is 1150. The number of hydrogen-bond acceptors (Lipinski definition) is 7. The Labute approximate surface area is 170 Å². The molecule has 8 nitrogen and oxygen atoms in total. The molecule has 0 spiro atoms. The topological polar surface area (TPSA) is 117 Å². The number of fused-ring (bicyclic) bond motifs is 1. The lowest BCUT2D eigenvalue weighted by Crippen LogP contribution is -2.28. The Morgan fingerprint density at radius 1 is 1.24 bits per heavy atom. The number of anilines is 2. The van der Waals surface area contributed by atoms with Gasteiger partial charge in [-0.25, -0.2) is 8.42 Å². The second-order valence-electron chi connectivity index (χ2n) is 7.81. The van der Waals surface area contributed by atoms with Gasteiger partial charge in [0.2, 0.25) is 0 Å². The minimum absolute atomic E-state index is 0.0121. The number of aliphatic hydroxyl groups is 1. The van der Waals surface area contributed by atoms with Crippen LogP contribution in [-0.4, -0.2) is 46.7 Å². The van der Waals surface area contributed by atoms with Crippen molar-refractivity contribution in [3.63, 3.8) is 0 Å². The average Bonchev–Trinajstić information content (AvgIpc) is 2.97. The van der Waals surface area contributed by atoms with E-state index in [0.29, 0.717) is 22.4 Å². The molecule has 1 aromatic carbocycles. The van der Waals surface area contributed by atoms with Crippen molar-refractivity contribution in [2.24, 2.45) is 0 Å². The van der Waals surface area contributed by atoms with Gasteiger partial charge in [-0.3, -0.25) is 10.1 Å². The summed E-state index contributed by atoms with van der Waals surface area (Å²) in [5, 5.41) is 20.2. The van der Waals surface area contributed by atoms with E-state index in [0.717, 1.165) is 11.3 Å². The van der Waals surface area contributed by atoms with E-state index in [2.05, 4.69) is 20.5 Å². The van der Waals surface area contributed by atoms with E-state index in [1.54, 1.807) is 45.2 Å². The summed E-state index contributed by atoms with van der Waals surface area (Å²) in [6, 6.07) is 4.94. The molecule has 0 saturated carbocycles. The molecular weight excluding hydrogens is 392 g/mol. The van der Waals surface area contributed by atoms with Gasteiger partial charge in [-0.1, -0.05) is 0 Å². The minimum Gasteiger partial charge on any atom is -0.490 e. The molecule has 2 aromatic heterocycles. The molecule has 0 radical (unpaired) electrons. The fraction of sp³-hybridized carbons (Fsp3) is 0.400. The molecular formula is C20H26N4O4S. The molecule has 2 heterocycles. The molecule has 3 N–H and O–H groups in total. The van der Waals surface area contributed by atoms with E-state index in [-0.39, 0.29) is 23.9 Å². The molecule has 0 saturated heterocycles. The Kier molecular flexibility index (Phi) is 5.55. The zero-order valence-corrected chi connectivity index (χ0v) is 18.0. The number of ether oxygens (including phenoxy) is 1. The second kappa shape index (κ2) is 7.64. The van der Waals surface area contributed by atoms with Crippen LogP contribution in [0.15, 0.2) is 29.3 Å². The van der Waals surface area contributed by atoms with Gasteiger partial charge in [0.05, 0.1) is 22.6 Å². The molecule has 0 aliphatic heterocycles. The number of hydrogen-bond donors (Lipinski definition) is 3. The van der Waals surface area contributed by atoms with Gasteiger partial charge in [0.25, 0.3) is 0 Å². The molecule has 9 heteroatoms. The van der Waals surface area contributed by atoms with E-state index in [9.17, 15) is 8.42 Å². The van der Waals surface area contributed by atoms with Crippen LogP contribution in [-0.2, 0) is 9.84 Å². The van der Waals surface area contributed by atoms with Crippen LogP contribution < -0.4 is 10.1 Å². The van der Waals surface area contributed by atoms with Gasteiger partial charge in [0.15, 0.2) is 15.7 Å². The monoisotopic (exact) mass is 418 g/mol. The number of H-pyrrole nitrogens is 1. The third-order valence-corrected chi connectivity index (χ3v) is 7.27. The first-order valence-corrected chi connectivity index (χ1v) is 10.7. The van der Waals surface area contributed by atoms with Crippen LogP contribution in [0.1, 0.15) is 32.0 Å². The number of sulfone groups is 1. The van der Waals surface area contributed by atoms with Crippen LogP contribution in [0, 0.1) is 13.8 Å². The van der Waals surface area contributed by atoms with E-state index in [1.165, 1.54) is 0 Å². The molecule has 0 aliphatic carbocycles. The van der Waals surface area contributed by atoms with E-state index in [1.807, 2.05) is 13.8 Å². The SMILES string of the molecule is Cc1[nH]nc(Nc2ccnc3cc(OCCO)c(S(=O)(=O)C(C)(C)C)cc23)c1C. The smallest absolute Gasteiger partial charge is 0.186 e. The number of aromatic amines is 1. The molecule has 0 bridgehead atoms. The molecule has 0 fully saturated rings. The van der Waals surface area contributed by atoms with Crippen molar-refractivity contribution in [1.82, 2.24) is 15.2 Å². The van der Waals surface area contributed by atoms with Crippen LogP contribution in [0.25, 0.3) is 10.9 Å². The summed E-state index contributed by atoms with van der Waals surface area (Å²) in [4.78, 5) is 4.43. The summed E-state index contributed by atoms with van der Waals surface area (Å²) in [5.74, 6) is 0.841. The largest absolute Gasteiger partial charge is 0.490 e. The number of benzene rings is 1. The second-order valence-corrected chi connectivity index (χ2v) is 10.5. The number of aliphatic hydroxyl groups excluding tert-OH is 1. The lowest BCUT2D eigenvalue weighted by atomic mass is 10.1. The van der Waals surface area contributed by atoms with Gasteiger partial charge in [-0.15, -0.1) is 0 Å². The zero-order valence-electron chi connectivity index (χ0n) is 17.2. The van der Waals surface area contributed by atoms with Crippen LogP contribution in [0.3, 0.4) is 0 Å². The van der Waals surface area contributed by atoms with Gasteiger partial charge in [-0.05, 0) is 46.8 Å². The molecule has 0 amide bonds. The Morgan fingerprint density at radius 2 is 1.97 bits per heavy atom. The van der Waals surface area contributed by atoms with Crippen LogP contribution >= 0.6 is 0 Å². The summed E-state index contributed by atoms with van der Waals surface area (Å²) in [6.07, 6.45) is 1.63. The van der Waals surface area contributed by atoms with Crippen molar-refractivity contribution in [3.8, 4) is 5.75 Å². The molecule has 3 aromatic rings. The Balaban J connectivity index is 2.21. The van der Waals surface area contributed by atoms with Crippen molar-refractivity contribution in [3.05, 3.63) is 35.7 Å². The van der Waals surface area contributed by atoms with Gasteiger partial charge in [0.1, 0.15) is 17.3 Å². The summed E-state index contributed by atoms with van der Waals surface area (Å²) in [5.41, 5.74) is 3.17. The zero-order chi connectivity index (χ0) is 21.4. The molecule has 0 atom stereocenters. The number of nitrogens with one attached hydrogen (secondary N) is 2. The van der Waals surface area contributed by atoms with Gasteiger partial charge < -0.3 is 15.2 Å². The van der Waals surface area contributed by atoms with Gasteiger partial charge >= 0.3 is 0 Å². The third kappa shape index (κ3) is 3.92. The van der Waals surface area contributed by atoms with Crippen LogP contribution in [0.5, 0.6) is 5.75 Å². The number of aryl methyl sites for hydroxylation is 1. The van der Waals surface area contributed by atoms with E-state index < -0.39 is 14.6 Å². The molecule has 156 valence electrons. The number of nitrogens with zero attached hydrogens (tertiary/aromatic N) is 2. The highest BCUT2D eigenvalue weighted by Crippen LogP contribution is 2.37. The summed E-state index contributed by atoms with van der Waals surface area (Å²) in [7, 11) is -3.71. The highest BCUT2D eigenvalue weighted by atomic mass is 32.2. The summed E-state index contributed by atoms with van der Waals surface area (Å²) < 4.78 is 30.9. The first-order valence-electron chi connectivity index (χ1n) is 9.26. The maximum absolute atomic E-state index is 13.2. The van der Waals surface area contributed by atoms with Crippen molar-refractivity contribution in [2.45, 2.75) is 44.3 Å². The van der Waals surface area contributed by atoms with Crippen molar-refractivity contribution >= 4 is 32.2 Å². The first-order chi connectivity index (χ1) is 13.6. The fourth-order valence-electron chi connectivity index (χ4n) is 2.81. The van der Waals surface area contributed by atoms with Crippen molar-refractivity contribution in [2.75, 3.05) is 18.5 Å². The number of pyridine rings is 1. The maximum atomic E-state index is 13.2. The molecule has 29 heavy (non-hydrogen) atoms. The summed E-state index contributed by atoms with van der Waals surface area (Å²) >= 11 is 0. The predicted molar refractivity (Wildman–Crippen MR) is 113 cm³/mol. The quantitative estimate of drug-likeness (QED) is 0.562. The maximum Gasteiger partial charge on any atom is 0.186 e. The molecule has 0 aliphatic rings. The Morgan fingerprint density at radius 3 is 2.55 bits per heavy atom. The highest BCUT2D eigenvalue weighted by Gasteiger charge is 2.34. The van der Waals surface area contributed by atoms with Crippen molar-refractivity contribution in [1.29, 1.82) is 0 Å². The van der Waals surface area contributed by atoms with Crippen LogP contribution in [0.4, 0.5) is 11.5 Å². The average molecular weight is 419 g/mol. The van der Waals surface area contributed by atoms with Crippen LogP contribution in [0.2, 0.25) is 0 Å². The standard InChI is InChI=1S/C20H26N4O4S/c1-12-13(2)23-24-19(12)22-15-6-7-21-16-11-17(28-9-8-25)18(10-14(15)16)29(26,27)20(3,4)5/h6-7,10-11,25H,8-9H2,1-5H3,(H2,21,22,23,24). The minimum atomic E-state index is -3.71.